The van der Waals surface area contributed by atoms with Crippen molar-refractivity contribution in [2.45, 2.75) is 32.6 Å². The highest BCUT2D eigenvalue weighted by Crippen LogP contribution is 2.14. The molecule has 0 aliphatic carbocycles. The van der Waals surface area contributed by atoms with Gasteiger partial charge in [0.2, 0.25) is 0 Å². The lowest BCUT2D eigenvalue weighted by Gasteiger charge is -2.20. The van der Waals surface area contributed by atoms with Crippen molar-refractivity contribution in [1.29, 1.82) is 0 Å². The van der Waals surface area contributed by atoms with Crippen molar-refractivity contribution in [3.63, 3.8) is 0 Å². The first kappa shape index (κ1) is 11.8. The molecule has 3 nitrogen and oxygen atoms in total. The van der Waals surface area contributed by atoms with E-state index in [0.29, 0.717) is 0 Å². The van der Waals surface area contributed by atoms with Gasteiger partial charge in [0.15, 0.2) is 0 Å². The van der Waals surface area contributed by atoms with Crippen LogP contribution in [0.3, 0.4) is 0 Å². The highest BCUT2D eigenvalue weighted by Gasteiger charge is 2.15. The van der Waals surface area contributed by atoms with Crippen molar-refractivity contribution in [2.24, 2.45) is 0 Å². The number of hydrogen-bond donors (Lipinski definition) is 0. The molecule has 0 aromatic heterocycles. The van der Waals surface area contributed by atoms with Gasteiger partial charge < -0.3 is 9.64 Å². The number of hydrogen-bond acceptors (Lipinski definition) is 3. The Hall–Kier alpha value is -0.700. The molecule has 0 aromatic rings. The van der Waals surface area contributed by atoms with E-state index in [4.69, 9.17) is 4.74 Å². The third-order valence-corrected chi connectivity index (χ3v) is 3.38. The van der Waals surface area contributed by atoms with Gasteiger partial charge in [-0.25, -0.2) is 0 Å². The maximum Gasteiger partial charge on any atom is 0.126 e. The summed E-state index contributed by atoms with van der Waals surface area (Å²) in [5.41, 5.74) is 0. The Kier molecular flexibility index (Phi) is 4.52. The van der Waals surface area contributed by atoms with E-state index < -0.39 is 0 Å². The average molecular weight is 224 g/mol. The molecule has 0 spiro atoms. The minimum atomic E-state index is 0.785. The normalized spacial score (nSPS) is 23.1. The van der Waals surface area contributed by atoms with Gasteiger partial charge in [-0.1, -0.05) is 0 Å². The molecular formula is C13H24N2O. The Labute approximate surface area is 99.1 Å². The van der Waals surface area contributed by atoms with Gasteiger partial charge >= 0.3 is 0 Å². The number of nitrogens with zero attached hydrogens (tertiary/aromatic N) is 2. The zero-order chi connectivity index (χ0) is 11.2. The first-order valence-electron chi connectivity index (χ1n) is 6.68. The second kappa shape index (κ2) is 6.14. The van der Waals surface area contributed by atoms with Crippen LogP contribution in [0.1, 0.15) is 32.6 Å². The van der Waals surface area contributed by atoms with Crippen molar-refractivity contribution in [2.75, 3.05) is 39.3 Å². The zero-order valence-electron chi connectivity index (χ0n) is 10.5. The maximum absolute atomic E-state index is 5.74. The van der Waals surface area contributed by atoms with Crippen molar-refractivity contribution < 1.29 is 4.74 Å². The number of ether oxygens (including phenoxy) is 1. The molecule has 0 N–H and O–H groups in total. The van der Waals surface area contributed by atoms with Gasteiger partial charge in [-0.2, -0.15) is 0 Å². The second-order valence-electron chi connectivity index (χ2n) is 4.75. The topological polar surface area (TPSA) is 15.7 Å². The van der Waals surface area contributed by atoms with Crippen LogP contribution in [0.4, 0.5) is 0 Å². The molecule has 2 fully saturated rings. The Morgan fingerprint density at radius 2 is 1.69 bits per heavy atom. The van der Waals surface area contributed by atoms with Crippen molar-refractivity contribution in [3.05, 3.63) is 12.0 Å². The minimum absolute atomic E-state index is 0.785. The number of rotatable bonds is 5. The van der Waals surface area contributed by atoms with Crippen molar-refractivity contribution >= 4 is 0 Å². The van der Waals surface area contributed by atoms with Crippen molar-refractivity contribution in [1.82, 2.24) is 9.80 Å². The van der Waals surface area contributed by atoms with E-state index in [0.717, 1.165) is 18.9 Å². The summed E-state index contributed by atoms with van der Waals surface area (Å²) in [6.07, 6.45) is 7.61. The van der Waals surface area contributed by atoms with E-state index in [1.165, 1.54) is 51.9 Å². The first-order valence-corrected chi connectivity index (χ1v) is 6.68. The van der Waals surface area contributed by atoms with Crippen LogP contribution in [0.2, 0.25) is 0 Å². The molecule has 3 heteroatoms. The molecule has 0 unspecified atom stereocenters. The fourth-order valence-electron chi connectivity index (χ4n) is 2.54. The molecule has 0 atom stereocenters. The first-order chi connectivity index (χ1) is 7.88. The molecule has 2 rings (SSSR count). The molecule has 92 valence electrons. The molecule has 2 aliphatic rings. The summed E-state index contributed by atoms with van der Waals surface area (Å²) >= 11 is 0. The van der Waals surface area contributed by atoms with Gasteiger partial charge in [-0.3, -0.25) is 4.90 Å². The standard InChI is InChI=1S/C13H24N2O/c1-2-16-13(11-14-7-3-4-8-14)12-15-9-5-6-10-15/h11H,2-10,12H2,1H3. The molecule has 0 amide bonds. The van der Waals surface area contributed by atoms with Gasteiger partial charge in [0, 0.05) is 19.3 Å². The molecule has 16 heavy (non-hydrogen) atoms. The highest BCUT2D eigenvalue weighted by molar-refractivity contribution is 4.97. The second-order valence-corrected chi connectivity index (χ2v) is 4.75. The quantitative estimate of drug-likeness (QED) is 0.665. The van der Waals surface area contributed by atoms with Gasteiger partial charge in [0.25, 0.3) is 0 Å². The van der Waals surface area contributed by atoms with Crippen LogP contribution in [0, 0.1) is 0 Å². The van der Waals surface area contributed by atoms with E-state index >= 15 is 0 Å². The highest BCUT2D eigenvalue weighted by atomic mass is 16.5. The molecular weight excluding hydrogens is 200 g/mol. The average Bonchev–Trinajstić information content (AvgIpc) is 2.91. The summed E-state index contributed by atoms with van der Waals surface area (Å²) in [7, 11) is 0. The van der Waals surface area contributed by atoms with Gasteiger partial charge in [-0.15, -0.1) is 0 Å². The molecule has 2 heterocycles. The number of likely N-dealkylation sites (tertiary alicyclic amines) is 2. The summed E-state index contributed by atoms with van der Waals surface area (Å²) in [6, 6.07) is 0. The Bertz CT molecular complexity index is 228. The molecule has 0 bridgehead atoms. The fourth-order valence-corrected chi connectivity index (χ4v) is 2.54. The molecule has 2 saturated heterocycles. The minimum Gasteiger partial charge on any atom is -0.495 e. The predicted molar refractivity (Wildman–Crippen MR) is 66.2 cm³/mol. The van der Waals surface area contributed by atoms with E-state index in [-0.39, 0.29) is 0 Å². The van der Waals surface area contributed by atoms with E-state index in [9.17, 15) is 0 Å². The van der Waals surface area contributed by atoms with Gasteiger partial charge in [0.1, 0.15) is 5.76 Å². The van der Waals surface area contributed by atoms with Crippen LogP contribution in [-0.2, 0) is 4.74 Å². The van der Waals surface area contributed by atoms with Gasteiger partial charge in [0.05, 0.1) is 13.2 Å². The van der Waals surface area contributed by atoms with E-state index in [1.807, 2.05) is 0 Å². The molecule has 0 saturated carbocycles. The Morgan fingerprint density at radius 1 is 1.06 bits per heavy atom. The Morgan fingerprint density at radius 3 is 2.31 bits per heavy atom. The molecule has 0 radical (unpaired) electrons. The zero-order valence-corrected chi connectivity index (χ0v) is 10.5. The summed E-state index contributed by atoms with van der Waals surface area (Å²) < 4.78 is 5.74. The van der Waals surface area contributed by atoms with Crippen LogP contribution < -0.4 is 0 Å². The molecule has 2 aliphatic heterocycles. The van der Waals surface area contributed by atoms with Crippen LogP contribution >= 0.6 is 0 Å². The Balaban J connectivity index is 1.86. The van der Waals surface area contributed by atoms with Crippen molar-refractivity contribution in [3.8, 4) is 0 Å². The van der Waals surface area contributed by atoms with Gasteiger partial charge in [-0.05, 0) is 45.7 Å². The predicted octanol–water partition coefficient (Wildman–Crippen LogP) is 2.06. The van der Waals surface area contributed by atoms with Crippen LogP contribution in [0.15, 0.2) is 12.0 Å². The third kappa shape index (κ3) is 3.41. The summed E-state index contributed by atoms with van der Waals surface area (Å²) in [5, 5.41) is 0. The lowest BCUT2D eigenvalue weighted by atomic mass is 10.4. The van der Waals surface area contributed by atoms with E-state index in [2.05, 4.69) is 22.9 Å². The lowest BCUT2D eigenvalue weighted by molar-refractivity contribution is 0.184. The third-order valence-electron chi connectivity index (χ3n) is 3.38. The summed E-state index contributed by atoms with van der Waals surface area (Å²) in [6.45, 7) is 8.75. The lowest BCUT2D eigenvalue weighted by Crippen LogP contribution is -2.24. The summed E-state index contributed by atoms with van der Waals surface area (Å²) in [4.78, 5) is 4.90. The fraction of sp³-hybridized carbons (Fsp3) is 0.846. The van der Waals surface area contributed by atoms with E-state index in [1.54, 1.807) is 0 Å². The van der Waals surface area contributed by atoms with Crippen LogP contribution in [0.25, 0.3) is 0 Å². The smallest absolute Gasteiger partial charge is 0.126 e. The van der Waals surface area contributed by atoms with Crippen LogP contribution in [-0.4, -0.2) is 49.1 Å². The SMILES string of the molecule is CCOC(=CN1CCCC1)CN1CCCC1. The van der Waals surface area contributed by atoms with Crippen LogP contribution in [0.5, 0.6) is 0 Å². The largest absolute Gasteiger partial charge is 0.495 e. The summed E-state index contributed by atoms with van der Waals surface area (Å²) in [5.74, 6) is 1.16. The maximum atomic E-state index is 5.74. The monoisotopic (exact) mass is 224 g/mol. The molecule has 0 aromatic carbocycles.